The number of anilines is 1. The molecule has 0 bridgehead atoms. The third kappa shape index (κ3) is 4.32. The maximum atomic E-state index is 13.6. The zero-order chi connectivity index (χ0) is 24.8. The predicted octanol–water partition coefficient (Wildman–Crippen LogP) is 5.41. The highest BCUT2D eigenvalue weighted by molar-refractivity contribution is 7.22. The Bertz CT molecular complexity index is 1640. The average Bonchev–Trinajstić information content (AvgIpc) is 3.53. The summed E-state index contributed by atoms with van der Waals surface area (Å²) in [6.07, 6.45) is 3.42. The van der Waals surface area contributed by atoms with Gasteiger partial charge in [-0.1, -0.05) is 48.6 Å². The largest absolute Gasteiger partial charge is 0.493 e. The van der Waals surface area contributed by atoms with Gasteiger partial charge in [0, 0.05) is 18.1 Å². The molecule has 37 heavy (non-hydrogen) atoms. The number of hydrogen-bond donors (Lipinski definition) is 0. The summed E-state index contributed by atoms with van der Waals surface area (Å²) in [6, 6.07) is 13.7. The second kappa shape index (κ2) is 10.1. The monoisotopic (exact) mass is 537 g/mol. The van der Waals surface area contributed by atoms with Gasteiger partial charge in [-0.3, -0.25) is 4.57 Å². The number of halogens is 1. The first-order valence-corrected chi connectivity index (χ1v) is 12.8. The molecule has 8 nitrogen and oxygen atoms in total. The van der Waals surface area contributed by atoms with E-state index in [-0.39, 0.29) is 13.1 Å². The van der Waals surface area contributed by atoms with E-state index in [9.17, 15) is 4.79 Å². The van der Waals surface area contributed by atoms with Crippen LogP contribution >= 0.6 is 22.9 Å². The molecule has 0 unspecified atom stereocenters. The van der Waals surface area contributed by atoms with Crippen LogP contribution in [0, 0.1) is 0 Å². The summed E-state index contributed by atoms with van der Waals surface area (Å²) in [5.74, 6) is 1.27. The molecule has 0 fully saturated rings. The normalized spacial score (nSPS) is 13.0. The number of thiophene rings is 1. The number of ether oxygens (including phenoxy) is 2. The van der Waals surface area contributed by atoms with Gasteiger partial charge in [0.25, 0.3) is 0 Å². The Hall–Kier alpha value is -3.56. The molecule has 0 radical (unpaired) electrons. The molecule has 10 heteroatoms. The SMILES string of the molecule is C.COc1ccc(Cn2c(=O)n3ncnc3c3c4c(sc32)N(Cc2ccc(Cl)cc2)CCC4)cc1OC. The van der Waals surface area contributed by atoms with Crippen molar-refractivity contribution in [2.45, 2.75) is 33.4 Å². The minimum Gasteiger partial charge on any atom is -0.493 e. The number of nitrogens with zero attached hydrogens (tertiary/aromatic N) is 5. The Morgan fingerprint density at radius 2 is 1.78 bits per heavy atom. The smallest absolute Gasteiger partial charge is 0.352 e. The highest BCUT2D eigenvalue weighted by atomic mass is 35.5. The van der Waals surface area contributed by atoms with E-state index in [1.807, 2.05) is 30.3 Å². The number of rotatable bonds is 6. The van der Waals surface area contributed by atoms with Crippen LogP contribution in [0.1, 0.15) is 30.5 Å². The summed E-state index contributed by atoms with van der Waals surface area (Å²) in [7, 11) is 3.21. The first-order chi connectivity index (χ1) is 17.6. The van der Waals surface area contributed by atoms with E-state index < -0.39 is 0 Å². The summed E-state index contributed by atoms with van der Waals surface area (Å²) in [5.41, 5.74) is 3.76. The Balaban J connectivity index is 0.00000280. The second-order valence-electron chi connectivity index (χ2n) is 8.77. The molecule has 192 valence electrons. The topological polar surface area (TPSA) is 73.9 Å². The second-order valence-corrected chi connectivity index (χ2v) is 10.2. The summed E-state index contributed by atoms with van der Waals surface area (Å²) >= 11 is 7.75. The lowest BCUT2D eigenvalue weighted by Gasteiger charge is -2.28. The number of methoxy groups -OCH3 is 2. The highest BCUT2D eigenvalue weighted by Crippen LogP contribution is 2.43. The minimum absolute atomic E-state index is 0. The van der Waals surface area contributed by atoms with Crippen molar-refractivity contribution in [3.63, 3.8) is 0 Å². The first kappa shape index (κ1) is 25.1. The molecule has 0 saturated carbocycles. The Morgan fingerprint density at radius 3 is 2.54 bits per heavy atom. The van der Waals surface area contributed by atoms with Crippen molar-refractivity contribution in [3.8, 4) is 11.5 Å². The van der Waals surface area contributed by atoms with E-state index in [4.69, 9.17) is 21.1 Å². The molecule has 4 heterocycles. The van der Waals surface area contributed by atoms with Crippen LogP contribution in [0.25, 0.3) is 15.9 Å². The van der Waals surface area contributed by atoms with Gasteiger partial charge < -0.3 is 14.4 Å². The van der Waals surface area contributed by atoms with Crippen LogP contribution in [-0.4, -0.2) is 39.9 Å². The van der Waals surface area contributed by atoms with Crippen LogP contribution in [0.4, 0.5) is 5.00 Å². The van der Waals surface area contributed by atoms with E-state index in [1.54, 1.807) is 30.1 Å². The molecule has 0 atom stereocenters. The Morgan fingerprint density at radius 1 is 1.03 bits per heavy atom. The van der Waals surface area contributed by atoms with E-state index in [2.05, 4.69) is 27.1 Å². The lowest BCUT2D eigenvalue weighted by molar-refractivity contribution is 0.354. The lowest BCUT2D eigenvalue weighted by atomic mass is 10.0. The number of hydrogen-bond acceptors (Lipinski definition) is 7. The maximum absolute atomic E-state index is 13.6. The summed E-state index contributed by atoms with van der Waals surface area (Å²) in [4.78, 5) is 21.3. The van der Waals surface area contributed by atoms with Gasteiger partial charge in [0.15, 0.2) is 17.1 Å². The molecule has 0 N–H and O–H groups in total. The lowest BCUT2D eigenvalue weighted by Crippen LogP contribution is -2.28. The van der Waals surface area contributed by atoms with Crippen LogP contribution in [0.15, 0.2) is 53.6 Å². The van der Waals surface area contributed by atoms with E-state index in [0.717, 1.165) is 46.7 Å². The Labute approximate surface area is 223 Å². The van der Waals surface area contributed by atoms with Crippen molar-refractivity contribution in [2.75, 3.05) is 25.7 Å². The Kier molecular flexibility index (Phi) is 6.83. The van der Waals surface area contributed by atoms with Gasteiger partial charge >= 0.3 is 5.69 Å². The van der Waals surface area contributed by atoms with Gasteiger partial charge in [0.2, 0.25) is 0 Å². The number of fused-ring (bicyclic) bond motifs is 5. The van der Waals surface area contributed by atoms with Crippen LogP contribution in [-0.2, 0) is 19.5 Å². The van der Waals surface area contributed by atoms with Crippen LogP contribution in [0.3, 0.4) is 0 Å². The number of aryl methyl sites for hydroxylation is 1. The van der Waals surface area contributed by atoms with Gasteiger partial charge in [-0.25, -0.2) is 9.78 Å². The number of aromatic nitrogens is 4. The van der Waals surface area contributed by atoms with E-state index in [0.29, 0.717) is 23.7 Å². The van der Waals surface area contributed by atoms with Gasteiger partial charge in [-0.05, 0) is 53.8 Å². The molecule has 0 aliphatic carbocycles. The molecule has 2 aromatic carbocycles. The van der Waals surface area contributed by atoms with Gasteiger partial charge in [-0.15, -0.1) is 0 Å². The van der Waals surface area contributed by atoms with Crippen LogP contribution < -0.4 is 20.1 Å². The standard InChI is InChI=1S/C26H24ClN5O3S.CH4/c1-34-20-10-7-17(12-21(20)35-2)14-31-25-22(23-28-15-29-32(23)26(31)33)19-4-3-11-30(24(19)36-25)13-16-5-8-18(27)9-6-16;/h5-10,12,15H,3-4,11,13-14H2,1-2H3;1H4. The van der Waals surface area contributed by atoms with Gasteiger partial charge in [-0.2, -0.15) is 9.61 Å². The van der Waals surface area contributed by atoms with Crippen molar-refractivity contribution >= 4 is 43.8 Å². The highest BCUT2D eigenvalue weighted by Gasteiger charge is 2.27. The van der Waals surface area contributed by atoms with Crippen LogP contribution in [0.5, 0.6) is 11.5 Å². The van der Waals surface area contributed by atoms with E-state index >= 15 is 0 Å². The minimum atomic E-state index is -0.215. The average molecular weight is 538 g/mol. The van der Waals surface area contributed by atoms with E-state index in [1.165, 1.54) is 27.0 Å². The quantitative estimate of drug-likeness (QED) is 0.288. The predicted molar refractivity (Wildman–Crippen MR) is 149 cm³/mol. The first-order valence-electron chi connectivity index (χ1n) is 11.7. The molecular weight excluding hydrogens is 510 g/mol. The molecule has 5 aromatic rings. The summed E-state index contributed by atoms with van der Waals surface area (Å²) < 4.78 is 14.1. The molecule has 6 rings (SSSR count). The fourth-order valence-electron chi connectivity index (χ4n) is 4.91. The maximum Gasteiger partial charge on any atom is 0.352 e. The van der Waals surface area contributed by atoms with Gasteiger partial charge in [0.1, 0.15) is 11.2 Å². The molecular formula is C27H28ClN5O3S. The molecule has 0 spiro atoms. The third-order valence-electron chi connectivity index (χ3n) is 6.61. The summed E-state index contributed by atoms with van der Waals surface area (Å²) in [6.45, 7) is 2.10. The molecule has 1 aliphatic rings. The fourth-order valence-corrected chi connectivity index (χ4v) is 6.40. The zero-order valence-electron chi connectivity index (χ0n) is 19.9. The third-order valence-corrected chi connectivity index (χ3v) is 8.18. The van der Waals surface area contributed by atoms with Gasteiger partial charge in [0.05, 0.1) is 31.2 Å². The summed E-state index contributed by atoms with van der Waals surface area (Å²) in [5, 5.41) is 7.18. The molecule has 0 saturated heterocycles. The van der Waals surface area contributed by atoms with Crippen molar-refractivity contribution in [1.29, 1.82) is 0 Å². The fraction of sp³-hybridized carbons (Fsp3) is 0.296. The molecule has 1 aliphatic heterocycles. The van der Waals surface area contributed by atoms with Crippen molar-refractivity contribution in [2.24, 2.45) is 0 Å². The van der Waals surface area contributed by atoms with Crippen molar-refractivity contribution in [3.05, 3.63) is 81.0 Å². The van der Waals surface area contributed by atoms with Crippen molar-refractivity contribution in [1.82, 2.24) is 19.2 Å². The zero-order valence-corrected chi connectivity index (χ0v) is 21.5. The van der Waals surface area contributed by atoms with Crippen LogP contribution in [0.2, 0.25) is 5.02 Å². The number of benzene rings is 2. The van der Waals surface area contributed by atoms with Crippen molar-refractivity contribution < 1.29 is 9.47 Å². The molecule has 0 amide bonds. The molecule has 3 aromatic heterocycles.